The van der Waals surface area contributed by atoms with E-state index in [1.54, 1.807) is 25.3 Å². The van der Waals surface area contributed by atoms with Gasteiger partial charge in [0.2, 0.25) is 5.91 Å². The minimum Gasteiger partial charge on any atom is -0.488 e. The highest BCUT2D eigenvalue weighted by Crippen LogP contribution is 2.41. The fourth-order valence-electron chi connectivity index (χ4n) is 3.28. The quantitative estimate of drug-likeness (QED) is 0.555. The van der Waals surface area contributed by atoms with Gasteiger partial charge in [-0.1, -0.05) is 6.07 Å². The van der Waals surface area contributed by atoms with E-state index in [2.05, 4.69) is 4.98 Å². The number of carbonyl (C=O) groups is 2. The summed E-state index contributed by atoms with van der Waals surface area (Å²) in [5.74, 6) is -0.897. The topological polar surface area (TPSA) is 142 Å². The second-order valence-electron chi connectivity index (χ2n) is 7.16. The van der Waals surface area contributed by atoms with Gasteiger partial charge in [0.15, 0.2) is 0 Å². The molecule has 3 rings (SSSR count). The molecule has 2 aromatic heterocycles. The summed E-state index contributed by atoms with van der Waals surface area (Å²) in [6.07, 6.45) is 1.68. The Morgan fingerprint density at radius 3 is 2.48 bits per heavy atom. The van der Waals surface area contributed by atoms with E-state index < -0.39 is 23.8 Å². The van der Waals surface area contributed by atoms with Gasteiger partial charge in [0.25, 0.3) is 5.91 Å². The van der Waals surface area contributed by atoms with E-state index in [4.69, 9.17) is 20.6 Å². The van der Waals surface area contributed by atoms with Gasteiger partial charge in [0.05, 0.1) is 17.6 Å². The van der Waals surface area contributed by atoms with Crippen molar-refractivity contribution in [3.63, 3.8) is 0 Å². The molecule has 5 N–H and O–H groups in total. The zero-order valence-corrected chi connectivity index (χ0v) is 16.5. The van der Waals surface area contributed by atoms with Crippen molar-refractivity contribution in [2.75, 3.05) is 6.61 Å². The standard InChI is InChI=1S/C21H23N3O5/c1-11-4-5-13(8-24-11)9-28-15-7-6-14-17(16(19(22)26)12(2)29-14)18(15)21(3,10-25)20(23)27/h4-8,25H,9-10H2,1-3H3,(H2,22,26)(H2,23,27). The normalized spacial score (nSPS) is 13.2. The summed E-state index contributed by atoms with van der Waals surface area (Å²) in [5.41, 5.74) is 12.1. The van der Waals surface area contributed by atoms with Crippen LogP contribution in [0.5, 0.6) is 5.75 Å². The number of aromatic nitrogens is 1. The van der Waals surface area contributed by atoms with Crippen LogP contribution in [0.15, 0.2) is 34.9 Å². The zero-order chi connectivity index (χ0) is 21.3. The van der Waals surface area contributed by atoms with Crippen LogP contribution >= 0.6 is 0 Å². The predicted octanol–water partition coefficient (Wildman–Crippen LogP) is 1.86. The van der Waals surface area contributed by atoms with Crippen LogP contribution in [-0.4, -0.2) is 28.5 Å². The van der Waals surface area contributed by atoms with Crippen LogP contribution in [0.4, 0.5) is 0 Å². The van der Waals surface area contributed by atoms with Crippen LogP contribution in [0, 0.1) is 13.8 Å². The molecule has 29 heavy (non-hydrogen) atoms. The minimum absolute atomic E-state index is 0.123. The van der Waals surface area contributed by atoms with Gasteiger partial charge >= 0.3 is 0 Å². The number of furan rings is 1. The second-order valence-corrected chi connectivity index (χ2v) is 7.16. The van der Waals surface area contributed by atoms with Crippen molar-refractivity contribution in [1.29, 1.82) is 0 Å². The largest absolute Gasteiger partial charge is 0.488 e. The molecular formula is C21H23N3O5. The van der Waals surface area contributed by atoms with E-state index in [9.17, 15) is 14.7 Å². The summed E-state index contributed by atoms with van der Waals surface area (Å²) in [4.78, 5) is 28.6. The summed E-state index contributed by atoms with van der Waals surface area (Å²) in [6, 6.07) is 6.97. The first-order chi connectivity index (χ1) is 13.7. The molecule has 0 aliphatic carbocycles. The monoisotopic (exact) mass is 397 g/mol. The number of nitrogens with zero attached hydrogens (tertiary/aromatic N) is 1. The molecule has 2 amide bonds. The Kier molecular flexibility index (Phi) is 5.30. The number of hydrogen-bond acceptors (Lipinski definition) is 6. The lowest BCUT2D eigenvalue weighted by Gasteiger charge is -2.27. The molecule has 0 fully saturated rings. The summed E-state index contributed by atoms with van der Waals surface area (Å²) < 4.78 is 11.6. The molecule has 2 heterocycles. The average molecular weight is 397 g/mol. The Labute approximate surface area is 167 Å². The molecule has 152 valence electrons. The fourth-order valence-corrected chi connectivity index (χ4v) is 3.28. The lowest BCUT2D eigenvalue weighted by Crippen LogP contribution is -2.42. The van der Waals surface area contributed by atoms with Crippen molar-refractivity contribution in [3.05, 3.63) is 58.6 Å². The Morgan fingerprint density at radius 2 is 1.93 bits per heavy atom. The van der Waals surface area contributed by atoms with Gasteiger partial charge in [-0.05, 0) is 39.0 Å². The lowest BCUT2D eigenvalue weighted by atomic mass is 9.79. The highest BCUT2D eigenvalue weighted by atomic mass is 16.5. The number of fused-ring (bicyclic) bond motifs is 1. The summed E-state index contributed by atoms with van der Waals surface area (Å²) >= 11 is 0. The second kappa shape index (κ2) is 7.56. The number of amides is 2. The fraction of sp³-hybridized carbons (Fsp3) is 0.286. The molecule has 0 saturated heterocycles. The third kappa shape index (κ3) is 3.54. The maximum absolute atomic E-state index is 12.3. The average Bonchev–Trinajstić information content (AvgIpc) is 3.02. The molecule has 0 aliphatic heterocycles. The van der Waals surface area contributed by atoms with Crippen LogP contribution in [0.3, 0.4) is 0 Å². The SMILES string of the molecule is Cc1ccc(COc2ccc3oc(C)c(C(N)=O)c3c2C(C)(CO)C(N)=O)cn1. The first kappa shape index (κ1) is 20.3. The van der Waals surface area contributed by atoms with Crippen LogP contribution in [0.2, 0.25) is 0 Å². The Hall–Kier alpha value is -3.39. The minimum atomic E-state index is -1.53. The van der Waals surface area contributed by atoms with Crippen LogP contribution < -0.4 is 16.2 Å². The smallest absolute Gasteiger partial charge is 0.252 e. The van der Waals surface area contributed by atoms with Gasteiger partial charge in [-0.2, -0.15) is 0 Å². The molecule has 0 aliphatic rings. The number of pyridine rings is 1. The van der Waals surface area contributed by atoms with Gasteiger partial charge in [-0.15, -0.1) is 0 Å². The van der Waals surface area contributed by atoms with E-state index in [0.29, 0.717) is 16.7 Å². The predicted molar refractivity (Wildman–Crippen MR) is 106 cm³/mol. The highest BCUT2D eigenvalue weighted by molar-refractivity contribution is 6.10. The van der Waals surface area contributed by atoms with Crippen molar-refractivity contribution >= 4 is 22.8 Å². The van der Waals surface area contributed by atoms with E-state index in [1.807, 2.05) is 19.1 Å². The van der Waals surface area contributed by atoms with Crippen molar-refractivity contribution in [1.82, 2.24) is 4.98 Å². The summed E-state index contributed by atoms with van der Waals surface area (Å²) in [6.45, 7) is 4.53. The van der Waals surface area contributed by atoms with Gasteiger partial charge in [0.1, 0.15) is 23.7 Å². The van der Waals surface area contributed by atoms with Gasteiger partial charge < -0.3 is 25.7 Å². The molecule has 1 unspecified atom stereocenters. The number of ether oxygens (including phenoxy) is 1. The molecule has 1 atom stereocenters. The number of rotatable bonds is 7. The number of aryl methyl sites for hydroxylation is 2. The lowest BCUT2D eigenvalue weighted by molar-refractivity contribution is -0.124. The molecule has 8 heteroatoms. The van der Waals surface area contributed by atoms with Crippen molar-refractivity contribution < 1.29 is 23.8 Å². The van der Waals surface area contributed by atoms with Crippen LogP contribution in [0.1, 0.15) is 39.9 Å². The molecule has 8 nitrogen and oxygen atoms in total. The zero-order valence-electron chi connectivity index (χ0n) is 16.5. The maximum Gasteiger partial charge on any atom is 0.252 e. The van der Waals surface area contributed by atoms with Crippen LogP contribution in [0.25, 0.3) is 11.0 Å². The maximum atomic E-state index is 12.3. The molecule has 0 spiro atoms. The Balaban J connectivity index is 2.22. The number of primary amides is 2. The molecule has 1 aromatic carbocycles. The third-order valence-electron chi connectivity index (χ3n) is 5.02. The third-order valence-corrected chi connectivity index (χ3v) is 5.02. The van der Waals surface area contributed by atoms with Gasteiger partial charge in [0, 0.05) is 28.4 Å². The first-order valence-electron chi connectivity index (χ1n) is 9.00. The van der Waals surface area contributed by atoms with E-state index in [1.165, 1.54) is 6.92 Å². The number of carbonyl (C=O) groups excluding carboxylic acids is 2. The first-order valence-corrected chi connectivity index (χ1v) is 9.00. The van der Waals surface area contributed by atoms with Crippen molar-refractivity contribution in [2.24, 2.45) is 11.5 Å². The van der Waals surface area contributed by atoms with Crippen molar-refractivity contribution in [2.45, 2.75) is 32.8 Å². The van der Waals surface area contributed by atoms with Gasteiger partial charge in [-0.25, -0.2) is 0 Å². The number of nitrogens with two attached hydrogens (primary N) is 2. The number of aliphatic hydroxyl groups excluding tert-OH is 1. The number of benzene rings is 1. The summed E-state index contributed by atoms with van der Waals surface area (Å²) in [7, 11) is 0. The van der Waals surface area contributed by atoms with Crippen LogP contribution in [-0.2, 0) is 16.8 Å². The highest BCUT2D eigenvalue weighted by Gasteiger charge is 2.39. The Morgan fingerprint density at radius 1 is 1.21 bits per heavy atom. The van der Waals surface area contributed by atoms with Gasteiger partial charge in [-0.3, -0.25) is 14.6 Å². The van der Waals surface area contributed by atoms with Crippen molar-refractivity contribution in [3.8, 4) is 5.75 Å². The molecule has 0 bridgehead atoms. The Bertz CT molecular complexity index is 1090. The molecule has 0 radical (unpaired) electrons. The number of aliphatic hydroxyl groups is 1. The molecule has 3 aromatic rings. The summed E-state index contributed by atoms with van der Waals surface area (Å²) in [5, 5.41) is 10.3. The van der Waals surface area contributed by atoms with E-state index >= 15 is 0 Å². The molecular weight excluding hydrogens is 374 g/mol. The number of hydrogen-bond donors (Lipinski definition) is 3. The van der Waals surface area contributed by atoms with E-state index in [-0.39, 0.29) is 23.5 Å². The molecule has 0 saturated carbocycles. The van der Waals surface area contributed by atoms with E-state index in [0.717, 1.165) is 11.3 Å².